The topological polar surface area (TPSA) is 63.8 Å². The first-order chi connectivity index (χ1) is 9.85. The highest BCUT2D eigenvalue weighted by atomic mass is 28.3. The highest BCUT2D eigenvalue weighted by Crippen LogP contribution is 2.26. The Labute approximate surface area is 126 Å². The van der Waals surface area contributed by atoms with E-state index in [0.29, 0.717) is 17.0 Å². The van der Waals surface area contributed by atoms with Crippen LogP contribution in [0.25, 0.3) is 11.3 Å². The maximum Gasteiger partial charge on any atom is 0.297 e. The lowest BCUT2D eigenvalue weighted by Gasteiger charge is -2.15. The molecule has 2 aromatic heterocycles. The molecule has 6 heteroatoms. The van der Waals surface area contributed by atoms with Gasteiger partial charge in [0.1, 0.15) is 13.8 Å². The second-order valence-corrected chi connectivity index (χ2v) is 10.9. The lowest BCUT2D eigenvalue weighted by atomic mass is 10.2. The van der Waals surface area contributed by atoms with Crippen molar-refractivity contribution in [3.8, 4) is 17.5 Å². The van der Waals surface area contributed by atoms with Crippen LogP contribution in [-0.4, -0.2) is 32.7 Å². The molecule has 2 rings (SSSR count). The van der Waals surface area contributed by atoms with Gasteiger partial charge in [0.15, 0.2) is 5.65 Å². The first-order valence-corrected chi connectivity index (χ1v) is 10.8. The van der Waals surface area contributed by atoms with Gasteiger partial charge >= 0.3 is 0 Å². The van der Waals surface area contributed by atoms with E-state index in [0.717, 1.165) is 12.8 Å². The minimum atomic E-state index is -1.45. The third kappa shape index (κ3) is 3.42. The smallest absolute Gasteiger partial charge is 0.297 e. The first-order valence-electron chi connectivity index (χ1n) is 7.32. The summed E-state index contributed by atoms with van der Waals surface area (Å²) in [5, 5.41) is 10.1. The molecule has 0 unspecified atom stereocenters. The second kappa shape index (κ2) is 5.86. The zero-order valence-electron chi connectivity index (χ0n) is 13.3. The molecule has 0 bridgehead atoms. The Hall–Kier alpha value is -1.87. The largest absolute Gasteiger partial charge is 0.480 e. The number of fused-ring (bicyclic) bond motifs is 1. The van der Waals surface area contributed by atoms with Crippen LogP contribution in [0, 0.1) is 11.5 Å². The van der Waals surface area contributed by atoms with Crippen molar-refractivity contribution in [3.05, 3.63) is 11.9 Å². The van der Waals surface area contributed by atoms with Gasteiger partial charge in [-0.15, -0.1) is 5.54 Å². The molecule has 112 valence electrons. The van der Waals surface area contributed by atoms with Gasteiger partial charge in [-0.25, -0.2) is 9.97 Å². The Kier molecular flexibility index (Phi) is 4.33. The molecule has 5 nitrogen and oxygen atoms in total. The molecule has 0 aliphatic heterocycles. The maximum atomic E-state index is 10.1. The maximum absolute atomic E-state index is 10.1. The number of imidazole rings is 1. The molecular formula is C15H22N4OSi. The summed E-state index contributed by atoms with van der Waals surface area (Å²) in [4.78, 5) is 12.9. The van der Waals surface area contributed by atoms with Crippen LogP contribution in [0.15, 0.2) is 6.20 Å². The molecule has 2 aromatic rings. The van der Waals surface area contributed by atoms with E-state index in [1.807, 2.05) is 0 Å². The molecule has 2 heterocycles. The van der Waals surface area contributed by atoms with Crippen LogP contribution in [-0.2, 0) is 0 Å². The standard InChI is InChI=1S/C15H22N4OSi/c1-6-12(7-2)19-14-13(18-15(19)20)16-10-11(17-14)8-9-21(3,4)5/h10,12H,6-7H2,1-5H3,(H,16,18,20). The Morgan fingerprint density at radius 3 is 2.48 bits per heavy atom. The highest BCUT2D eigenvalue weighted by Gasteiger charge is 2.18. The van der Waals surface area contributed by atoms with E-state index in [2.05, 4.69) is 59.9 Å². The van der Waals surface area contributed by atoms with Crippen molar-refractivity contribution in [2.45, 2.75) is 52.4 Å². The number of nitrogens with zero attached hydrogens (tertiary/aromatic N) is 4. The fourth-order valence-electron chi connectivity index (χ4n) is 2.16. The van der Waals surface area contributed by atoms with E-state index in [4.69, 9.17) is 0 Å². The van der Waals surface area contributed by atoms with Crippen molar-refractivity contribution in [2.24, 2.45) is 0 Å². The fourth-order valence-corrected chi connectivity index (χ4v) is 2.66. The Balaban J connectivity index is 2.55. The van der Waals surface area contributed by atoms with Gasteiger partial charge in [-0.3, -0.25) is 4.57 Å². The third-order valence-corrected chi connectivity index (χ3v) is 4.13. The van der Waals surface area contributed by atoms with Gasteiger partial charge in [0.25, 0.3) is 6.01 Å². The summed E-state index contributed by atoms with van der Waals surface area (Å²) < 4.78 is 1.77. The van der Waals surface area contributed by atoms with Crippen molar-refractivity contribution < 1.29 is 5.11 Å². The summed E-state index contributed by atoms with van der Waals surface area (Å²) in [6, 6.07) is 0.151. The molecule has 0 aliphatic rings. The molecule has 0 spiro atoms. The Morgan fingerprint density at radius 1 is 1.24 bits per heavy atom. The number of rotatable bonds is 3. The average molecular weight is 302 g/mol. The number of aromatic hydroxyl groups is 1. The predicted molar refractivity (Wildman–Crippen MR) is 86.8 cm³/mol. The minimum absolute atomic E-state index is 0.0194. The van der Waals surface area contributed by atoms with Crippen molar-refractivity contribution in [1.29, 1.82) is 0 Å². The van der Waals surface area contributed by atoms with Crippen LogP contribution in [0.5, 0.6) is 6.01 Å². The molecule has 1 N–H and O–H groups in total. The summed E-state index contributed by atoms with van der Waals surface area (Å²) >= 11 is 0. The van der Waals surface area contributed by atoms with Gasteiger partial charge in [0.2, 0.25) is 5.65 Å². The molecule has 0 atom stereocenters. The summed E-state index contributed by atoms with van der Waals surface area (Å²) in [7, 11) is -1.45. The molecule has 0 amide bonds. The van der Waals surface area contributed by atoms with E-state index in [-0.39, 0.29) is 12.1 Å². The molecule has 0 radical (unpaired) electrons. The first kappa shape index (κ1) is 15.5. The van der Waals surface area contributed by atoms with Gasteiger partial charge in [0.05, 0.1) is 6.20 Å². The highest BCUT2D eigenvalue weighted by molar-refractivity contribution is 6.83. The fraction of sp³-hybridized carbons (Fsp3) is 0.533. The van der Waals surface area contributed by atoms with Gasteiger partial charge in [-0.2, -0.15) is 4.98 Å². The van der Waals surface area contributed by atoms with Gasteiger partial charge in [0, 0.05) is 6.04 Å². The van der Waals surface area contributed by atoms with E-state index in [1.165, 1.54) is 0 Å². The van der Waals surface area contributed by atoms with Crippen molar-refractivity contribution in [1.82, 2.24) is 19.5 Å². The van der Waals surface area contributed by atoms with Crippen LogP contribution in [0.1, 0.15) is 38.4 Å². The number of hydrogen-bond acceptors (Lipinski definition) is 4. The Bertz CT molecular complexity index is 702. The van der Waals surface area contributed by atoms with Crippen LogP contribution in [0.2, 0.25) is 19.6 Å². The van der Waals surface area contributed by atoms with Crippen LogP contribution >= 0.6 is 0 Å². The zero-order valence-corrected chi connectivity index (χ0v) is 14.3. The molecular weight excluding hydrogens is 280 g/mol. The lowest BCUT2D eigenvalue weighted by Crippen LogP contribution is -2.16. The van der Waals surface area contributed by atoms with E-state index in [9.17, 15) is 5.11 Å². The van der Waals surface area contributed by atoms with E-state index < -0.39 is 8.07 Å². The normalized spacial score (nSPS) is 11.7. The molecule has 0 aliphatic carbocycles. The van der Waals surface area contributed by atoms with E-state index >= 15 is 0 Å². The minimum Gasteiger partial charge on any atom is -0.480 e. The van der Waals surface area contributed by atoms with Crippen molar-refractivity contribution >= 4 is 19.4 Å². The van der Waals surface area contributed by atoms with Crippen LogP contribution in [0.4, 0.5) is 0 Å². The number of aromatic nitrogens is 4. The Morgan fingerprint density at radius 2 is 1.90 bits per heavy atom. The number of hydrogen-bond donors (Lipinski definition) is 1. The zero-order chi connectivity index (χ0) is 15.6. The lowest BCUT2D eigenvalue weighted by molar-refractivity contribution is 0.360. The van der Waals surface area contributed by atoms with Crippen molar-refractivity contribution in [2.75, 3.05) is 0 Å². The monoisotopic (exact) mass is 302 g/mol. The molecule has 0 saturated carbocycles. The second-order valence-electron chi connectivity index (χ2n) is 6.15. The van der Waals surface area contributed by atoms with Gasteiger partial charge in [-0.05, 0) is 12.8 Å². The molecule has 21 heavy (non-hydrogen) atoms. The summed E-state index contributed by atoms with van der Waals surface area (Å²) in [5.41, 5.74) is 5.00. The van der Waals surface area contributed by atoms with Gasteiger partial charge < -0.3 is 5.11 Å². The molecule has 0 fully saturated rings. The summed E-state index contributed by atoms with van der Waals surface area (Å²) in [5.74, 6) is 3.10. The molecule has 0 aromatic carbocycles. The van der Waals surface area contributed by atoms with Crippen LogP contribution in [0.3, 0.4) is 0 Å². The van der Waals surface area contributed by atoms with Crippen LogP contribution < -0.4 is 0 Å². The SMILES string of the molecule is CCC(CC)n1c(O)nc2ncc(C#C[Si](C)(C)C)nc21. The summed E-state index contributed by atoms with van der Waals surface area (Å²) in [6.45, 7) is 10.7. The van der Waals surface area contributed by atoms with Crippen molar-refractivity contribution in [3.63, 3.8) is 0 Å². The van der Waals surface area contributed by atoms with Gasteiger partial charge in [-0.1, -0.05) is 39.4 Å². The summed E-state index contributed by atoms with van der Waals surface area (Å²) in [6.07, 6.45) is 3.43. The predicted octanol–water partition coefficient (Wildman–Crippen LogP) is 3.12. The third-order valence-electron chi connectivity index (χ3n) is 3.26. The van der Waals surface area contributed by atoms with E-state index in [1.54, 1.807) is 10.8 Å². The average Bonchev–Trinajstić information content (AvgIpc) is 2.74. The quantitative estimate of drug-likeness (QED) is 0.699. The molecule has 0 saturated heterocycles.